The average Bonchev–Trinajstić information content (AvgIpc) is 2.97. The number of nitrogens with zero attached hydrogens (tertiary/aromatic N) is 2. The second-order valence-corrected chi connectivity index (χ2v) is 5.20. The number of hydrogen-bond donors (Lipinski definition) is 3. The van der Waals surface area contributed by atoms with Gasteiger partial charge in [0.15, 0.2) is 0 Å². The van der Waals surface area contributed by atoms with Crippen molar-refractivity contribution >= 4 is 29.1 Å². The molecule has 8 heteroatoms. The van der Waals surface area contributed by atoms with E-state index in [9.17, 15) is 9.59 Å². The highest BCUT2D eigenvalue weighted by atomic mass is 35.5. The second kappa shape index (κ2) is 7.04. The number of benzene rings is 1. The Balaban J connectivity index is 1.89. The molecule has 0 aliphatic carbocycles. The standard InChI is InChI=1S/C14H16ClN5O2/c1-8-10(15)4-3-5-11(8)19-13(22)6-12(21)18-9(2)14-16-7-17-20-14/h3-5,7,9H,6H2,1-2H3,(H,18,21)(H,19,22)(H,16,17,20)/t9-/m1/s1. The van der Waals surface area contributed by atoms with Crippen molar-refractivity contribution in [1.29, 1.82) is 0 Å². The summed E-state index contributed by atoms with van der Waals surface area (Å²) in [6, 6.07) is 4.85. The highest BCUT2D eigenvalue weighted by Gasteiger charge is 2.15. The van der Waals surface area contributed by atoms with E-state index in [1.54, 1.807) is 32.0 Å². The first-order valence-corrected chi connectivity index (χ1v) is 7.04. The van der Waals surface area contributed by atoms with Crippen LogP contribution in [0.4, 0.5) is 5.69 Å². The third-order valence-electron chi connectivity index (χ3n) is 3.08. The van der Waals surface area contributed by atoms with Crippen LogP contribution in [0.15, 0.2) is 24.5 Å². The fourth-order valence-corrected chi connectivity index (χ4v) is 2.04. The number of H-pyrrole nitrogens is 1. The van der Waals surface area contributed by atoms with Crippen LogP contribution in [-0.2, 0) is 9.59 Å². The third kappa shape index (κ3) is 4.05. The number of hydrogen-bond acceptors (Lipinski definition) is 4. The number of nitrogens with one attached hydrogen (secondary N) is 3. The molecule has 0 saturated carbocycles. The molecule has 0 unspecified atom stereocenters. The third-order valence-corrected chi connectivity index (χ3v) is 3.49. The number of halogens is 1. The van der Waals surface area contributed by atoms with Gasteiger partial charge in [-0.05, 0) is 31.5 Å². The van der Waals surface area contributed by atoms with Gasteiger partial charge >= 0.3 is 0 Å². The topological polar surface area (TPSA) is 99.8 Å². The minimum absolute atomic E-state index is 0.287. The van der Waals surface area contributed by atoms with Crippen molar-refractivity contribution in [3.63, 3.8) is 0 Å². The summed E-state index contributed by atoms with van der Waals surface area (Å²) >= 11 is 5.98. The molecular weight excluding hydrogens is 306 g/mol. The lowest BCUT2D eigenvalue weighted by atomic mass is 10.2. The molecule has 7 nitrogen and oxygen atoms in total. The van der Waals surface area contributed by atoms with Crippen LogP contribution in [0.2, 0.25) is 5.02 Å². The number of carbonyl (C=O) groups excluding carboxylic acids is 2. The Morgan fingerprint density at radius 1 is 1.36 bits per heavy atom. The van der Waals surface area contributed by atoms with Crippen molar-refractivity contribution in [2.75, 3.05) is 5.32 Å². The maximum absolute atomic E-state index is 11.9. The van der Waals surface area contributed by atoms with Crippen molar-refractivity contribution in [3.05, 3.63) is 40.9 Å². The van der Waals surface area contributed by atoms with Gasteiger partial charge in [0.25, 0.3) is 0 Å². The Morgan fingerprint density at radius 2 is 2.14 bits per heavy atom. The molecule has 1 aromatic carbocycles. The molecule has 2 aromatic rings. The lowest BCUT2D eigenvalue weighted by molar-refractivity contribution is -0.127. The highest BCUT2D eigenvalue weighted by molar-refractivity contribution is 6.31. The fourth-order valence-electron chi connectivity index (χ4n) is 1.87. The summed E-state index contributed by atoms with van der Waals surface area (Å²) in [5.41, 5.74) is 1.35. The Morgan fingerprint density at radius 3 is 2.82 bits per heavy atom. The SMILES string of the molecule is Cc1c(Cl)cccc1NC(=O)CC(=O)N[C@H](C)c1ncn[nH]1. The van der Waals surface area contributed by atoms with Gasteiger partial charge in [-0.1, -0.05) is 17.7 Å². The van der Waals surface area contributed by atoms with Crippen molar-refractivity contribution < 1.29 is 9.59 Å². The van der Waals surface area contributed by atoms with Gasteiger partial charge in [0.1, 0.15) is 18.6 Å². The van der Waals surface area contributed by atoms with E-state index in [2.05, 4.69) is 25.8 Å². The maximum atomic E-state index is 11.9. The largest absolute Gasteiger partial charge is 0.346 e. The Labute approximate surface area is 132 Å². The van der Waals surface area contributed by atoms with E-state index in [-0.39, 0.29) is 12.5 Å². The lowest BCUT2D eigenvalue weighted by Gasteiger charge is -2.12. The van der Waals surface area contributed by atoms with Crippen molar-refractivity contribution in [3.8, 4) is 0 Å². The zero-order valence-corrected chi connectivity index (χ0v) is 12.9. The summed E-state index contributed by atoms with van der Waals surface area (Å²) in [7, 11) is 0. The molecule has 116 valence electrons. The maximum Gasteiger partial charge on any atom is 0.233 e. The molecule has 0 fully saturated rings. The van der Waals surface area contributed by atoms with Gasteiger partial charge in [-0.2, -0.15) is 5.10 Å². The first kappa shape index (κ1) is 16.0. The zero-order valence-electron chi connectivity index (χ0n) is 12.2. The number of aromatic nitrogens is 3. The van der Waals surface area contributed by atoms with Gasteiger partial charge in [-0.15, -0.1) is 0 Å². The van der Waals surface area contributed by atoms with Crippen LogP contribution in [0, 0.1) is 6.92 Å². The lowest BCUT2D eigenvalue weighted by Crippen LogP contribution is -2.31. The zero-order chi connectivity index (χ0) is 16.1. The Kier molecular flexibility index (Phi) is 5.11. The van der Waals surface area contributed by atoms with Crippen LogP contribution in [0.3, 0.4) is 0 Å². The average molecular weight is 322 g/mol. The van der Waals surface area contributed by atoms with E-state index in [1.165, 1.54) is 6.33 Å². The number of carbonyl (C=O) groups is 2. The number of aromatic amines is 1. The molecule has 1 aromatic heterocycles. The fraction of sp³-hybridized carbons (Fsp3) is 0.286. The van der Waals surface area contributed by atoms with Crippen molar-refractivity contribution in [2.24, 2.45) is 0 Å². The summed E-state index contributed by atoms with van der Waals surface area (Å²) in [6.45, 7) is 3.54. The Hall–Kier alpha value is -2.41. The second-order valence-electron chi connectivity index (χ2n) is 4.80. The first-order valence-electron chi connectivity index (χ1n) is 6.67. The van der Waals surface area contributed by atoms with E-state index in [1.807, 2.05) is 0 Å². The van der Waals surface area contributed by atoms with Gasteiger partial charge in [-0.3, -0.25) is 14.7 Å². The van der Waals surface area contributed by atoms with E-state index in [0.717, 1.165) is 5.56 Å². The van der Waals surface area contributed by atoms with Crippen LogP contribution in [0.1, 0.15) is 30.8 Å². The predicted molar refractivity (Wildman–Crippen MR) is 82.4 cm³/mol. The normalized spacial score (nSPS) is 11.8. The van der Waals surface area contributed by atoms with Gasteiger partial charge in [0.05, 0.1) is 6.04 Å². The van der Waals surface area contributed by atoms with Crippen LogP contribution >= 0.6 is 11.6 Å². The summed E-state index contributed by atoms with van der Waals surface area (Å²) in [5, 5.41) is 12.3. The molecule has 22 heavy (non-hydrogen) atoms. The quantitative estimate of drug-likeness (QED) is 0.733. The van der Waals surface area contributed by atoms with Gasteiger partial charge in [0, 0.05) is 10.7 Å². The Bertz CT molecular complexity index is 672. The smallest absolute Gasteiger partial charge is 0.233 e. The summed E-state index contributed by atoms with van der Waals surface area (Å²) in [5.74, 6) is -0.284. The molecule has 0 aliphatic rings. The van der Waals surface area contributed by atoms with Crippen molar-refractivity contribution in [1.82, 2.24) is 20.5 Å². The molecule has 0 bridgehead atoms. The van der Waals surface area contributed by atoms with Gasteiger partial charge in [-0.25, -0.2) is 4.98 Å². The summed E-state index contributed by atoms with van der Waals surface area (Å²) < 4.78 is 0. The molecule has 0 saturated heterocycles. The molecule has 3 N–H and O–H groups in total. The van der Waals surface area contributed by atoms with E-state index >= 15 is 0 Å². The summed E-state index contributed by atoms with van der Waals surface area (Å²) in [4.78, 5) is 27.7. The number of anilines is 1. The minimum Gasteiger partial charge on any atom is -0.346 e. The van der Waals surface area contributed by atoms with Gasteiger partial charge < -0.3 is 10.6 Å². The molecule has 0 aliphatic heterocycles. The molecule has 0 spiro atoms. The van der Waals surface area contributed by atoms with E-state index in [4.69, 9.17) is 11.6 Å². The number of rotatable bonds is 5. The van der Waals surface area contributed by atoms with Gasteiger partial charge in [0.2, 0.25) is 11.8 Å². The predicted octanol–water partition coefficient (Wildman–Crippen LogP) is 1.97. The molecular formula is C14H16ClN5O2. The molecule has 1 heterocycles. The first-order chi connectivity index (χ1) is 10.5. The van der Waals surface area contributed by atoms with Crippen LogP contribution in [0.5, 0.6) is 0 Å². The molecule has 0 radical (unpaired) electrons. The molecule has 2 amide bonds. The van der Waals surface area contributed by atoms with Crippen LogP contribution < -0.4 is 10.6 Å². The highest BCUT2D eigenvalue weighted by Crippen LogP contribution is 2.22. The van der Waals surface area contributed by atoms with E-state index < -0.39 is 11.8 Å². The molecule has 2 rings (SSSR count). The van der Waals surface area contributed by atoms with Crippen LogP contribution in [0.25, 0.3) is 0 Å². The number of amides is 2. The molecule has 1 atom stereocenters. The summed E-state index contributed by atoms with van der Waals surface area (Å²) in [6.07, 6.45) is 1.07. The van der Waals surface area contributed by atoms with Crippen LogP contribution in [-0.4, -0.2) is 27.0 Å². The van der Waals surface area contributed by atoms with Crippen molar-refractivity contribution in [2.45, 2.75) is 26.3 Å². The van der Waals surface area contributed by atoms with E-state index in [0.29, 0.717) is 16.5 Å². The monoisotopic (exact) mass is 321 g/mol. The minimum atomic E-state index is -0.410.